The topological polar surface area (TPSA) is 111 Å². The van der Waals surface area contributed by atoms with E-state index in [2.05, 4.69) is 5.32 Å². The van der Waals surface area contributed by atoms with Gasteiger partial charge in [0.1, 0.15) is 6.61 Å². The summed E-state index contributed by atoms with van der Waals surface area (Å²) in [4.78, 5) is 38.8. The summed E-state index contributed by atoms with van der Waals surface area (Å²) in [6, 6.07) is 15.8. The van der Waals surface area contributed by atoms with Crippen LogP contribution in [0.4, 0.5) is 5.69 Å². The Morgan fingerprint density at radius 3 is 2.28 bits per heavy atom. The number of ether oxygens (including phenoxy) is 2. The molecule has 0 saturated heterocycles. The summed E-state index contributed by atoms with van der Waals surface area (Å²) >= 11 is 0. The van der Waals surface area contributed by atoms with Gasteiger partial charge in [0.25, 0.3) is 5.69 Å². The second-order valence-electron chi connectivity index (χ2n) is 8.34. The van der Waals surface area contributed by atoms with E-state index < -0.39 is 22.8 Å². The molecule has 2 aromatic rings. The fraction of sp³-hybridized carbons (Fsp3) is 0.308. The van der Waals surface area contributed by atoms with E-state index in [1.54, 1.807) is 19.9 Å². The van der Waals surface area contributed by atoms with Gasteiger partial charge in [0, 0.05) is 36.6 Å². The van der Waals surface area contributed by atoms with Crippen molar-refractivity contribution in [1.82, 2.24) is 10.2 Å². The first-order valence-electron chi connectivity index (χ1n) is 11.1. The molecular weight excluding hydrogens is 475 g/mol. The molecule has 9 nitrogen and oxygen atoms in total. The zero-order valence-electron chi connectivity index (χ0n) is 20.9. The van der Waals surface area contributed by atoms with Gasteiger partial charge in [-0.1, -0.05) is 42.5 Å². The van der Waals surface area contributed by atoms with Gasteiger partial charge in [0.2, 0.25) is 0 Å². The molecule has 1 unspecified atom stereocenters. The monoisotopic (exact) mass is 503 g/mol. The molecule has 1 aliphatic heterocycles. The van der Waals surface area contributed by atoms with E-state index in [0.717, 1.165) is 5.56 Å². The maximum absolute atomic E-state index is 13.3. The number of hydrogen-bond acceptors (Lipinski definition) is 8. The van der Waals surface area contributed by atoms with Crippen molar-refractivity contribution in [2.24, 2.45) is 0 Å². The molecule has 0 bridgehead atoms. The Hall–Kier alpha value is -3.21. The second kappa shape index (κ2) is 13.2. The van der Waals surface area contributed by atoms with Crippen molar-refractivity contribution in [3.63, 3.8) is 0 Å². The number of non-ortho nitro benzene ring substituents is 1. The maximum Gasteiger partial charge on any atom is 2.00 e. The third-order valence-corrected chi connectivity index (χ3v) is 5.80. The molecule has 0 aliphatic carbocycles. The first kappa shape index (κ1) is 29.0. The van der Waals surface area contributed by atoms with E-state index in [4.69, 9.17) is 9.47 Å². The third kappa shape index (κ3) is 6.93. The van der Waals surface area contributed by atoms with Gasteiger partial charge in [-0.2, -0.15) is 0 Å². The van der Waals surface area contributed by atoms with Gasteiger partial charge in [0.05, 0.1) is 29.1 Å². The van der Waals surface area contributed by atoms with Gasteiger partial charge in [-0.15, -0.1) is 0 Å². The third-order valence-electron chi connectivity index (χ3n) is 5.80. The molecule has 10 heteroatoms. The van der Waals surface area contributed by atoms with Crippen LogP contribution in [0.5, 0.6) is 0 Å². The predicted octanol–water partition coefficient (Wildman–Crippen LogP) is 3.30. The summed E-state index contributed by atoms with van der Waals surface area (Å²) in [5.41, 5.74) is 2.85. The predicted molar refractivity (Wildman–Crippen MR) is 136 cm³/mol. The van der Waals surface area contributed by atoms with Crippen LogP contribution in [-0.4, -0.2) is 72.1 Å². The Labute approximate surface area is 226 Å². The van der Waals surface area contributed by atoms with Crippen molar-refractivity contribution in [2.75, 3.05) is 27.3 Å². The van der Waals surface area contributed by atoms with E-state index in [1.165, 1.54) is 25.3 Å². The van der Waals surface area contributed by atoms with Crippen LogP contribution in [0.25, 0.3) is 0 Å². The molecule has 1 aliphatic rings. The normalized spacial score (nSPS) is 15.2. The number of hydrogen-bond donors (Lipinski definition) is 1. The summed E-state index contributed by atoms with van der Waals surface area (Å²) in [7, 11) is 3.18. The van der Waals surface area contributed by atoms with Gasteiger partial charge in [-0.3, -0.25) is 15.0 Å². The molecular formula is C26H29MgN3O6+2. The standard InChI is InChI=1S/C26H29N3O6.Mg/c1-17-22(25(30)34-4)24(20-11-8-12-21(15-20)29(32)33)23(18(2)27-17)26(31)35-14-13-28(3)16-19-9-6-5-7-10-19;/h5-12,15,24,27H,13-14,16H2,1-4H3;/q;+2. The average molecular weight is 504 g/mol. The molecule has 0 radical (unpaired) electrons. The average Bonchev–Trinajstić information content (AvgIpc) is 2.83. The minimum atomic E-state index is -0.877. The van der Waals surface area contributed by atoms with E-state index in [9.17, 15) is 19.7 Å². The molecule has 0 saturated carbocycles. The van der Waals surface area contributed by atoms with Gasteiger partial charge in [0.15, 0.2) is 0 Å². The van der Waals surface area contributed by atoms with Crippen LogP contribution in [0.1, 0.15) is 30.9 Å². The number of dihydropyridines is 1. The number of methoxy groups -OCH3 is 1. The molecule has 0 spiro atoms. The smallest absolute Gasteiger partial charge is 0.466 e. The van der Waals surface area contributed by atoms with Crippen molar-refractivity contribution in [1.29, 1.82) is 0 Å². The second-order valence-corrected chi connectivity index (χ2v) is 8.34. The molecule has 0 fully saturated rings. The molecule has 184 valence electrons. The van der Waals surface area contributed by atoms with Crippen molar-refractivity contribution in [3.05, 3.63) is 98.4 Å². The van der Waals surface area contributed by atoms with Gasteiger partial charge in [-0.25, -0.2) is 9.59 Å². The maximum atomic E-state index is 13.3. The first-order valence-corrected chi connectivity index (χ1v) is 11.1. The van der Waals surface area contributed by atoms with E-state index >= 15 is 0 Å². The number of rotatable bonds is 9. The zero-order valence-corrected chi connectivity index (χ0v) is 22.4. The number of esters is 2. The minimum Gasteiger partial charge on any atom is -0.466 e. The van der Waals surface area contributed by atoms with Crippen LogP contribution >= 0.6 is 0 Å². The molecule has 36 heavy (non-hydrogen) atoms. The van der Waals surface area contributed by atoms with Gasteiger partial charge >= 0.3 is 35.0 Å². The van der Waals surface area contributed by atoms with E-state index in [-0.39, 0.29) is 46.5 Å². The van der Waals surface area contributed by atoms with Crippen molar-refractivity contribution < 1.29 is 24.0 Å². The molecule has 1 atom stereocenters. The Morgan fingerprint density at radius 1 is 1.03 bits per heavy atom. The fourth-order valence-electron chi connectivity index (χ4n) is 4.14. The molecule has 0 aromatic heterocycles. The van der Waals surface area contributed by atoms with Crippen LogP contribution in [0.15, 0.2) is 77.1 Å². The molecule has 0 amide bonds. The molecule has 3 rings (SSSR count). The number of nitro benzene ring substituents is 1. The SMILES string of the molecule is COC(=O)C1=C(C)NC(C)=C(C(=O)OCCN(C)Cc2ccccc2)C1c1cccc([N+](=O)[O-])c1.[Mg+2]. The van der Waals surface area contributed by atoms with Crippen LogP contribution in [-0.2, 0) is 25.6 Å². The van der Waals surface area contributed by atoms with Crippen LogP contribution in [0.3, 0.4) is 0 Å². The summed E-state index contributed by atoms with van der Waals surface area (Å²) in [5.74, 6) is -2.11. The van der Waals surface area contributed by atoms with E-state index in [1.807, 2.05) is 42.3 Å². The Kier molecular flexibility index (Phi) is 10.6. The Bertz CT molecular complexity index is 1180. The van der Waals surface area contributed by atoms with Crippen molar-refractivity contribution in [2.45, 2.75) is 26.3 Å². The van der Waals surface area contributed by atoms with E-state index in [0.29, 0.717) is 30.0 Å². The summed E-state index contributed by atoms with van der Waals surface area (Å²) in [5, 5.41) is 14.4. The van der Waals surface area contributed by atoms with Crippen LogP contribution in [0, 0.1) is 10.1 Å². The minimum absolute atomic E-state index is 0. The zero-order chi connectivity index (χ0) is 25.5. The number of nitrogens with zero attached hydrogens (tertiary/aromatic N) is 2. The van der Waals surface area contributed by atoms with Crippen molar-refractivity contribution >= 4 is 40.7 Å². The number of allylic oxidation sites excluding steroid dienone is 2. The Morgan fingerprint density at radius 2 is 1.67 bits per heavy atom. The number of carbonyl (C=O) groups is 2. The number of carbonyl (C=O) groups excluding carboxylic acids is 2. The van der Waals surface area contributed by atoms with Gasteiger partial charge < -0.3 is 14.8 Å². The molecule has 1 heterocycles. The number of nitrogens with one attached hydrogen (secondary N) is 1. The molecule has 2 aromatic carbocycles. The fourth-order valence-corrected chi connectivity index (χ4v) is 4.14. The number of likely N-dealkylation sites (N-methyl/N-ethyl adjacent to an activating group) is 1. The quantitative estimate of drug-likeness (QED) is 0.240. The first-order chi connectivity index (χ1) is 16.7. The van der Waals surface area contributed by atoms with Crippen LogP contribution < -0.4 is 5.32 Å². The number of nitro groups is 1. The number of benzene rings is 2. The largest absolute Gasteiger partial charge is 2.00 e. The van der Waals surface area contributed by atoms with Gasteiger partial charge in [-0.05, 0) is 32.0 Å². The van der Waals surface area contributed by atoms with Crippen molar-refractivity contribution in [3.8, 4) is 0 Å². The molecule has 1 N–H and O–H groups in total. The Balaban J connectivity index is 0.00000456. The van der Waals surface area contributed by atoms with Crippen LogP contribution in [0.2, 0.25) is 0 Å². The summed E-state index contributed by atoms with van der Waals surface area (Å²) in [6.45, 7) is 4.74. The summed E-state index contributed by atoms with van der Waals surface area (Å²) in [6.07, 6.45) is 0. The summed E-state index contributed by atoms with van der Waals surface area (Å²) < 4.78 is 10.6.